The average molecular weight is 420 g/mol. The second kappa shape index (κ2) is 9.23. The first kappa shape index (κ1) is 21.1. The van der Waals surface area contributed by atoms with E-state index in [0.717, 1.165) is 5.56 Å². The highest BCUT2D eigenvalue weighted by Gasteiger charge is 2.35. The van der Waals surface area contributed by atoms with Crippen LogP contribution in [-0.4, -0.2) is 50.9 Å². The van der Waals surface area contributed by atoms with Gasteiger partial charge >= 0.3 is 0 Å². The van der Waals surface area contributed by atoms with Crippen molar-refractivity contribution in [3.63, 3.8) is 0 Å². The number of sulfonamides is 1. The van der Waals surface area contributed by atoms with Crippen molar-refractivity contribution in [1.82, 2.24) is 14.6 Å². The molecular formula is C20H25N3O5S. The van der Waals surface area contributed by atoms with Crippen LogP contribution in [0.1, 0.15) is 18.4 Å². The molecule has 1 saturated heterocycles. The van der Waals surface area contributed by atoms with Crippen molar-refractivity contribution in [2.75, 3.05) is 27.3 Å². The molecule has 0 saturated carbocycles. The van der Waals surface area contributed by atoms with Crippen molar-refractivity contribution in [2.45, 2.75) is 24.3 Å². The number of ether oxygens (including phenoxy) is 2. The van der Waals surface area contributed by atoms with Crippen molar-refractivity contribution in [2.24, 2.45) is 5.92 Å². The lowest BCUT2D eigenvalue weighted by Gasteiger charge is -2.31. The number of rotatable bonds is 7. The predicted molar refractivity (Wildman–Crippen MR) is 107 cm³/mol. The van der Waals surface area contributed by atoms with E-state index in [4.69, 9.17) is 9.47 Å². The second-order valence-electron chi connectivity index (χ2n) is 6.79. The van der Waals surface area contributed by atoms with Crippen LogP contribution < -0.4 is 14.8 Å². The summed E-state index contributed by atoms with van der Waals surface area (Å²) in [6.07, 6.45) is 4.58. The van der Waals surface area contributed by atoms with Crippen molar-refractivity contribution < 1.29 is 22.7 Å². The first-order valence-corrected chi connectivity index (χ1v) is 10.8. The molecule has 0 unspecified atom stereocenters. The highest BCUT2D eigenvalue weighted by molar-refractivity contribution is 7.89. The molecule has 1 fully saturated rings. The first-order chi connectivity index (χ1) is 14.0. The minimum absolute atomic E-state index is 0.0391. The topological polar surface area (TPSA) is 97.8 Å². The van der Waals surface area contributed by atoms with Crippen LogP contribution in [0.4, 0.5) is 0 Å². The number of nitrogens with one attached hydrogen (secondary N) is 1. The van der Waals surface area contributed by atoms with Crippen LogP contribution in [0.2, 0.25) is 0 Å². The molecule has 0 aliphatic carbocycles. The van der Waals surface area contributed by atoms with Gasteiger partial charge in [0.15, 0.2) is 0 Å². The Labute approximate surface area is 170 Å². The van der Waals surface area contributed by atoms with Gasteiger partial charge in [-0.3, -0.25) is 9.78 Å². The number of piperidine rings is 1. The summed E-state index contributed by atoms with van der Waals surface area (Å²) in [5, 5.41) is 2.89. The zero-order valence-electron chi connectivity index (χ0n) is 16.5. The van der Waals surface area contributed by atoms with Gasteiger partial charge in [-0.05, 0) is 42.7 Å². The van der Waals surface area contributed by atoms with E-state index in [-0.39, 0.29) is 23.1 Å². The van der Waals surface area contributed by atoms with E-state index in [1.807, 2.05) is 12.1 Å². The lowest BCUT2D eigenvalue weighted by molar-refractivity contribution is -0.126. The Morgan fingerprint density at radius 1 is 1.21 bits per heavy atom. The SMILES string of the molecule is COc1ccc(OC)c(S(=O)(=O)N2CCC[C@H](C(=O)NCc3ccncc3)C2)c1. The van der Waals surface area contributed by atoms with Crippen LogP contribution >= 0.6 is 0 Å². The molecular weight excluding hydrogens is 394 g/mol. The van der Waals surface area contributed by atoms with E-state index >= 15 is 0 Å². The zero-order chi connectivity index (χ0) is 20.9. The monoisotopic (exact) mass is 419 g/mol. The number of hydrogen-bond acceptors (Lipinski definition) is 6. The molecule has 0 spiro atoms. The fraction of sp³-hybridized carbons (Fsp3) is 0.400. The van der Waals surface area contributed by atoms with Gasteiger partial charge in [0.1, 0.15) is 16.4 Å². The predicted octanol–water partition coefficient (Wildman–Crippen LogP) is 1.82. The summed E-state index contributed by atoms with van der Waals surface area (Å²) in [4.78, 5) is 16.6. The number of benzene rings is 1. The maximum Gasteiger partial charge on any atom is 0.246 e. The molecule has 8 nitrogen and oxygen atoms in total. The fourth-order valence-electron chi connectivity index (χ4n) is 3.33. The minimum atomic E-state index is -3.83. The zero-order valence-corrected chi connectivity index (χ0v) is 17.3. The Balaban J connectivity index is 1.73. The summed E-state index contributed by atoms with van der Waals surface area (Å²) in [5.41, 5.74) is 0.940. The van der Waals surface area contributed by atoms with Gasteiger partial charge in [0.05, 0.1) is 20.1 Å². The maximum absolute atomic E-state index is 13.2. The molecule has 1 aliphatic rings. The van der Waals surface area contributed by atoms with Gasteiger partial charge in [-0.2, -0.15) is 4.31 Å². The quantitative estimate of drug-likeness (QED) is 0.735. The molecule has 9 heteroatoms. The third kappa shape index (κ3) is 4.86. The Hall–Kier alpha value is -2.65. The number of carbonyl (C=O) groups is 1. The number of hydrogen-bond donors (Lipinski definition) is 1. The molecule has 2 heterocycles. The molecule has 156 valence electrons. The number of methoxy groups -OCH3 is 2. The Bertz CT molecular complexity index is 950. The summed E-state index contributed by atoms with van der Waals surface area (Å²) >= 11 is 0. The molecule has 3 rings (SSSR count). The van der Waals surface area contributed by atoms with E-state index in [2.05, 4.69) is 10.3 Å². The molecule has 1 aliphatic heterocycles. The first-order valence-electron chi connectivity index (χ1n) is 9.34. The molecule has 2 aromatic rings. The molecule has 1 aromatic carbocycles. The number of carbonyl (C=O) groups excluding carboxylic acids is 1. The van der Waals surface area contributed by atoms with Gasteiger partial charge in [-0.25, -0.2) is 8.42 Å². The van der Waals surface area contributed by atoms with Crippen molar-refractivity contribution in [3.8, 4) is 11.5 Å². The lowest BCUT2D eigenvalue weighted by Crippen LogP contribution is -2.45. The van der Waals surface area contributed by atoms with Crippen LogP contribution in [0.3, 0.4) is 0 Å². The molecule has 0 bridgehead atoms. The van der Waals surface area contributed by atoms with Gasteiger partial charge in [0.2, 0.25) is 15.9 Å². The summed E-state index contributed by atoms with van der Waals surface area (Å²) < 4.78 is 38.2. The third-order valence-electron chi connectivity index (χ3n) is 4.96. The second-order valence-corrected chi connectivity index (χ2v) is 8.70. The standard InChI is InChI=1S/C20H25N3O5S/c1-27-17-5-6-18(28-2)19(12-17)29(25,26)23-11-3-4-16(14-23)20(24)22-13-15-7-9-21-10-8-15/h5-10,12,16H,3-4,11,13-14H2,1-2H3,(H,22,24)/t16-/m0/s1. The number of nitrogens with zero attached hydrogens (tertiary/aromatic N) is 2. The van der Waals surface area contributed by atoms with Crippen molar-refractivity contribution >= 4 is 15.9 Å². The van der Waals surface area contributed by atoms with Crippen molar-refractivity contribution in [1.29, 1.82) is 0 Å². The molecule has 0 radical (unpaired) electrons. The normalized spacial score (nSPS) is 17.5. The van der Waals surface area contributed by atoms with Gasteiger partial charge in [-0.1, -0.05) is 0 Å². The Kier molecular flexibility index (Phi) is 6.71. The Morgan fingerprint density at radius 2 is 1.97 bits per heavy atom. The van der Waals surface area contributed by atoms with E-state index < -0.39 is 15.9 Å². The van der Waals surface area contributed by atoms with Crippen LogP contribution in [-0.2, 0) is 21.4 Å². The summed E-state index contributed by atoms with van der Waals surface area (Å²) in [6.45, 7) is 0.871. The highest BCUT2D eigenvalue weighted by atomic mass is 32.2. The molecule has 1 amide bonds. The average Bonchev–Trinajstić information content (AvgIpc) is 2.77. The molecule has 29 heavy (non-hydrogen) atoms. The summed E-state index contributed by atoms with van der Waals surface area (Å²) in [7, 11) is -0.933. The summed E-state index contributed by atoms with van der Waals surface area (Å²) in [5.74, 6) is 0.111. The van der Waals surface area contributed by atoms with Gasteiger partial charge in [-0.15, -0.1) is 0 Å². The van der Waals surface area contributed by atoms with Crippen molar-refractivity contribution in [3.05, 3.63) is 48.3 Å². The van der Waals surface area contributed by atoms with Crippen LogP contribution in [0, 0.1) is 5.92 Å². The van der Waals surface area contributed by atoms with Gasteiger partial charge in [0.25, 0.3) is 0 Å². The largest absolute Gasteiger partial charge is 0.497 e. The van der Waals surface area contributed by atoms with E-state index in [9.17, 15) is 13.2 Å². The fourth-order valence-corrected chi connectivity index (χ4v) is 5.03. The number of aromatic nitrogens is 1. The van der Waals surface area contributed by atoms with Crippen LogP contribution in [0.25, 0.3) is 0 Å². The smallest absolute Gasteiger partial charge is 0.246 e. The van der Waals surface area contributed by atoms with Crippen LogP contribution in [0.15, 0.2) is 47.6 Å². The van der Waals surface area contributed by atoms with E-state index in [1.165, 1.54) is 24.6 Å². The Morgan fingerprint density at radius 3 is 2.66 bits per heavy atom. The number of amides is 1. The van der Waals surface area contributed by atoms with Gasteiger partial charge in [0, 0.05) is 38.1 Å². The highest BCUT2D eigenvalue weighted by Crippen LogP contribution is 2.32. The third-order valence-corrected chi connectivity index (χ3v) is 6.85. The molecule has 1 N–H and O–H groups in total. The van der Waals surface area contributed by atoms with E-state index in [0.29, 0.717) is 31.7 Å². The van der Waals surface area contributed by atoms with Crippen LogP contribution in [0.5, 0.6) is 11.5 Å². The minimum Gasteiger partial charge on any atom is -0.497 e. The maximum atomic E-state index is 13.2. The number of pyridine rings is 1. The van der Waals surface area contributed by atoms with E-state index in [1.54, 1.807) is 24.5 Å². The molecule has 1 atom stereocenters. The molecule has 1 aromatic heterocycles. The lowest BCUT2D eigenvalue weighted by atomic mass is 9.99. The summed E-state index contributed by atoms with van der Waals surface area (Å²) in [6, 6.07) is 8.30. The van der Waals surface area contributed by atoms with Gasteiger partial charge < -0.3 is 14.8 Å².